The van der Waals surface area contributed by atoms with Crippen molar-refractivity contribution >= 4 is 36.2 Å². The summed E-state index contributed by atoms with van der Waals surface area (Å²) in [4.78, 5) is 21.5. The molecule has 1 saturated carbocycles. The molecule has 176 valence electrons. The van der Waals surface area contributed by atoms with Crippen LogP contribution in [-0.4, -0.2) is 22.9 Å². The van der Waals surface area contributed by atoms with Gasteiger partial charge in [0.2, 0.25) is 0 Å². The van der Waals surface area contributed by atoms with Gasteiger partial charge in [-0.15, -0.1) is 24.8 Å². The highest BCUT2D eigenvalue weighted by atomic mass is 35.5. The first kappa shape index (κ1) is 27.8. The van der Waals surface area contributed by atoms with E-state index in [1.54, 1.807) is 36.4 Å². The molecule has 1 fully saturated rings. The molecule has 0 atom stereocenters. The third kappa shape index (κ3) is 8.02. The minimum Gasteiger partial charge on any atom is -0.312 e. The van der Waals surface area contributed by atoms with E-state index >= 15 is 0 Å². The minimum absolute atomic E-state index is 0. The third-order valence-corrected chi connectivity index (χ3v) is 5.84. The summed E-state index contributed by atoms with van der Waals surface area (Å²) in [6.45, 7) is 2.74. The number of hydrogen-bond donors (Lipinski definition) is 2. The predicted molar refractivity (Wildman–Crippen MR) is 130 cm³/mol. The second-order valence-corrected chi connectivity index (χ2v) is 7.92. The van der Waals surface area contributed by atoms with Crippen LogP contribution in [0, 0.1) is 32.1 Å². The van der Waals surface area contributed by atoms with Crippen LogP contribution in [0.3, 0.4) is 0 Å². The van der Waals surface area contributed by atoms with Gasteiger partial charge >= 0.3 is 0 Å². The van der Waals surface area contributed by atoms with Crippen molar-refractivity contribution in [2.45, 2.75) is 38.8 Å². The molecule has 0 heterocycles. The first-order valence-electron chi connectivity index (χ1n) is 10.4. The summed E-state index contributed by atoms with van der Waals surface area (Å²) in [6.07, 6.45) is 4.51. The largest absolute Gasteiger partial charge is 0.312 e. The van der Waals surface area contributed by atoms with E-state index in [0.29, 0.717) is 24.9 Å². The molecule has 0 aromatic heterocycles. The molecule has 0 aliphatic heterocycles. The van der Waals surface area contributed by atoms with Crippen LogP contribution in [0.5, 0.6) is 0 Å². The van der Waals surface area contributed by atoms with Crippen LogP contribution in [0.4, 0.5) is 11.4 Å². The van der Waals surface area contributed by atoms with E-state index in [0.717, 1.165) is 49.9 Å². The van der Waals surface area contributed by atoms with Crippen molar-refractivity contribution in [3.05, 3.63) is 79.9 Å². The molecule has 2 aromatic rings. The number of nitrogens with zero attached hydrogens (tertiary/aromatic N) is 2. The average Bonchev–Trinajstić information content (AvgIpc) is 2.75. The third-order valence-electron chi connectivity index (χ3n) is 5.84. The number of nitro benzene ring substituents is 2. The molecule has 1 aliphatic carbocycles. The maximum absolute atomic E-state index is 11.1. The summed E-state index contributed by atoms with van der Waals surface area (Å²) in [5, 5.41) is 28.9. The second kappa shape index (κ2) is 14.0. The Hall–Kier alpha value is -2.26. The zero-order chi connectivity index (χ0) is 21.3. The zero-order valence-electron chi connectivity index (χ0n) is 17.8. The lowest BCUT2D eigenvalue weighted by Gasteiger charge is -2.29. The average molecular weight is 485 g/mol. The van der Waals surface area contributed by atoms with Crippen LogP contribution in [0.1, 0.15) is 36.8 Å². The summed E-state index contributed by atoms with van der Waals surface area (Å²) >= 11 is 0. The summed E-state index contributed by atoms with van der Waals surface area (Å²) in [6, 6.07) is 13.7. The van der Waals surface area contributed by atoms with E-state index < -0.39 is 0 Å². The topological polar surface area (TPSA) is 110 Å². The van der Waals surface area contributed by atoms with E-state index in [1.807, 2.05) is 12.1 Å². The number of nitrogens with one attached hydrogen (secondary N) is 2. The molecule has 1 aliphatic rings. The quantitative estimate of drug-likeness (QED) is 0.361. The monoisotopic (exact) mass is 484 g/mol. The van der Waals surface area contributed by atoms with E-state index in [9.17, 15) is 20.2 Å². The van der Waals surface area contributed by atoms with Crippen molar-refractivity contribution in [2.75, 3.05) is 13.1 Å². The van der Waals surface area contributed by atoms with Crippen molar-refractivity contribution < 1.29 is 9.85 Å². The highest BCUT2D eigenvalue weighted by Crippen LogP contribution is 2.28. The van der Waals surface area contributed by atoms with Crippen molar-refractivity contribution in [1.29, 1.82) is 0 Å². The van der Waals surface area contributed by atoms with Crippen LogP contribution in [0.25, 0.3) is 0 Å². The predicted octanol–water partition coefficient (Wildman–Crippen LogP) is 5.03. The van der Waals surface area contributed by atoms with E-state index in [1.165, 1.54) is 0 Å². The van der Waals surface area contributed by atoms with Gasteiger partial charge in [-0.05, 0) is 50.6 Å². The standard InChI is InChI=1S/C22H28N4O4.2ClH/c27-25(28)21-7-3-1-5-19(21)15-23-13-17-9-11-18(12-10-17)14-24-16-20-6-2-4-8-22(20)26(29)30;;/h1-8,17-18,23-24H,9-16H2;2*1H. The van der Waals surface area contributed by atoms with E-state index in [-0.39, 0.29) is 46.0 Å². The highest BCUT2D eigenvalue weighted by molar-refractivity contribution is 5.85. The van der Waals surface area contributed by atoms with Gasteiger partial charge in [0.15, 0.2) is 0 Å². The number of para-hydroxylation sites is 2. The van der Waals surface area contributed by atoms with Gasteiger partial charge in [0.05, 0.1) is 9.85 Å². The molecule has 0 saturated heterocycles. The lowest BCUT2D eigenvalue weighted by Crippen LogP contribution is -2.30. The van der Waals surface area contributed by atoms with E-state index in [4.69, 9.17) is 0 Å². The molecule has 0 bridgehead atoms. The minimum atomic E-state index is -0.334. The number of rotatable bonds is 10. The normalized spacial score (nSPS) is 17.6. The molecular formula is C22H30Cl2N4O4. The molecule has 2 N–H and O–H groups in total. The van der Waals surface area contributed by atoms with Gasteiger partial charge in [-0.1, -0.05) is 36.4 Å². The van der Waals surface area contributed by atoms with Crippen LogP contribution in [0.15, 0.2) is 48.5 Å². The van der Waals surface area contributed by atoms with Crippen molar-refractivity contribution in [3.8, 4) is 0 Å². The zero-order valence-corrected chi connectivity index (χ0v) is 19.4. The first-order chi connectivity index (χ1) is 14.5. The fourth-order valence-electron chi connectivity index (χ4n) is 4.14. The van der Waals surface area contributed by atoms with Crippen LogP contribution >= 0.6 is 24.8 Å². The van der Waals surface area contributed by atoms with Gasteiger partial charge in [-0.2, -0.15) is 0 Å². The Morgan fingerprint density at radius 3 is 1.38 bits per heavy atom. The van der Waals surface area contributed by atoms with Crippen LogP contribution in [0.2, 0.25) is 0 Å². The Bertz CT molecular complexity index is 805. The van der Waals surface area contributed by atoms with E-state index in [2.05, 4.69) is 10.6 Å². The number of benzene rings is 2. The Morgan fingerprint density at radius 1 is 0.688 bits per heavy atom. The van der Waals surface area contributed by atoms with Gasteiger partial charge < -0.3 is 10.6 Å². The van der Waals surface area contributed by atoms with Crippen molar-refractivity contribution in [3.63, 3.8) is 0 Å². The fourth-order valence-corrected chi connectivity index (χ4v) is 4.14. The lowest BCUT2D eigenvalue weighted by atomic mass is 9.82. The Morgan fingerprint density at radius 2 is 1.03 bits per heavy atom. The maximum Gasteiger partial charge on any atom is 0.273 e. The van der Waals surface area contributed by atoms with Crippen molar-refractivity contribution in [1.82, 2.24) is 10.6 Å². The lowest BCUT2D eigenvalue weighted by molar-refractivity contribution is -0.385. The van der Waals surface area contributed by atoms with Gasteiger partial charge in [0.1, 0.15) is 0 Å². The fraction of sp³-hybridized carbons (Fsp3) is 0.455. The molecule has 3 rings (SSSR count). The molecule has 10 heteroatoms. The molecular weight excluding hydrogens is 455 g/mol. The number of halogens is 2. The highest BCUT2D eigenvalue weighted by Gasteiger charge is 2.21. The molecule has 8 nitrogen and oxygen atoms in total. The van der Waals surface area contributed by atoms with Crippen LogP contribution < -0.4 is 10.6 Å². The smallest absolute Gasteiger partial charge is 0.273 e. The maximum atomic E-state index is 11.1. The molecule has 0 radical (unpaired) electrons. The van der Waals surface area contributed by atoms with Crippen LogP contribution in [-0.2, 0) is 13.1 Å². The Balaban J connectivity index is 0.00000256. The van der Waals surface area contributed by atoms with Gasteiger partial charge in [-0.3, -0.25) is 20.2 Å². The molecule has 2 aromatic carbocycles. The second-order valence-electron chi connectivity index (χ2n) is 7.92. The van der Waals surface area contributed by atoms with Gasteiger partial charge in [-0.25, -0.2) is 0 Å². The molecule has 32 heavy (non-hydrogen) atoms. The molecule has 0 amide bonds. The Kier molecular flexibility index (Phi) is 12.2. The summed E-state index contributed by atoms with van der Waals surface area (Å²) in [5.74, 6) is 1.17. The van der Waals surface area contributed by atoms with Gasteiger partial charge in [0, 0.05) is 36.3 Å². The summed E-state index contributed by atoms with van der Waals surface area (Å²) in [7, 11) is 0. The number of nitro groups is 2. The Labute approximate surface area is 200 Å². The number of hydrogen-bond acceptors (Lipinski definition) is 6. The summed E-state index contributed by atoms with van der Waals surface area (Å²) in [5.41, 5.74) is 1.77. The van der Waals surface area contributed by atoms with Crippen molar-refractivity contribution in [2.24, 2.45) is 11.8 Å². The molecule has 0 spiro atoms. The van der Waals surface area contributed by atoms with Gasteiger partial charge in [0.25, 0.3) is 11.4 Å². The SMILES string of the molecule is Cl.Cl.O=[N+]([O-])c1ccccc1CNCC1CCC(CNCc2ccccc2[N+](=O)[O-])CC1. The summed E-state index contributed by atoms with van der Waals surface area (Å²) < 4.78 is 0. The molecule has 0 unspecified atom stereocenters. The first-order valence-corrected chi connectivity index (χ1v) is 10.4.